The lowest BCUT2D eigenvalue weighted by molar-refractivity contribution is 0.231. The molecule has 0 aliphatic heterocycles. The first-order chi connectivity index (χ1) is 40.5. The SMILES string of the molecule is C=C(NCCCN(CCCCCCCC/C=C/CCCCCCCC)CCCCN(CCCCCCCC/C=C/CCCCCCCC)CCCNC(=C)C(CCCNCCCN)NCCCN)C(CCCNCCCN)NCCCN. The minimum absolute atomic E-state index is 0.263. The molecule has 0 fully saturated rings. The van der Waals surface area contributed by atoms with Gasteiger partial charge >= 0.3 is 0 Å². The first-order valence-corrected chi connectivity index (χ1v) is 35.8. The van der Waals surface area contributed by atoms with Crippen LogP contribution in [0.1, 0.15) is 271 Å². The molecule has 0 saturated carbocycles. The zero-order valence-electron chi connectivity index (χ0n) is 55.1. The van der Waals surface area contributed by atoms with E-state index in [0.717, 1.165) is 154 Å². The Morgan fingerprint density at radius 2 is 0.585 bits per heavy atom. The molecule has 0 bridgehead atoms. The third-order valence-electron chi connectivity index (χ3n) is 16.4. The van der Waals surface area contributed by atoms with Crippen molar-refractivity contribution in [3.8, 4) is 0 Å². The van der Waals surface area contributed by atoms with Gasteiger partial charge in [0.25, 0.3) is 0 Å². The number of hydrogen-bond acceptors (Lipinski definition) is 12. The summed E-state index contributed by atoms with van der Waals surface area (Å²) < 4.78 is 0. The zero-order valence-corrected chi connectivity index (χ0v) is 55.1. The van der Waals surface area contributed by atoms with E-state index >= 15 is 0 Å². The molecule has 0 radical (unpaired) electrons. The largest absolute Gasteiger partial charge is 0.387 e. The Kier molecular flexibility index (Phi) is 66.7. The highest BCUT2D eigenvalue weighted by Crippen LogP contribution is 2.15. The molecule has 0 amide bonds. The molecule has 0 aromatic carbocycles. The van der Waals surface area contributed by atoms with E-state index < -0.39 is 0 Å². The van der Waals surface area contributed by atoms with Crippen LogP contribution in [0.4, 0.5) is 0 Å². The highest BCUT2D eigenvalue weighted by molar-refractivity contribution is 5.04. The van der Waals surface area contributed by atoms with Crippen LogP contribution in [-0.2, 0) is 0 Å². The van der Waals surface area contributed by atoms with Crippen LogP contribution in [0.25, 0.3) is 0 Å². The Morgan fingerprint density at radius 3 is 0.915 bits per heavy atom. The molecule has 0 saturated heterocycles. The fourth-order valence-electron chi connectivity index (χ4n) is 11.0. The predicted octanol–water partition coefficient (Wildman–Crippen LogP) is 13.5. The summed E-state index contributed by atoms with van der Waals surface area (Å²) in [7, 11) is 0. The van der Waals surface area contributed by atoms with Crippen molar-refractivity contribution >= 4 is 0 Å². The molecular weight excluding hydrogens is 1010 g/mol. The average Bonchev–Trinajstić information content (AvgIpc) is 3.48. The molecule has 14 N–H and O–H groups in total. The van der Waals surface area contributed by atoms with E-state index in [-0.39, 0.29) is 12.1 Å². The Labute approximate surface area is 511 Å². The van der Waals surface area contributed by atoms with E-state index in [4.69, 9.17) is 22.9 Å². The van der Waals surface area contributed by atoms with Gasteiger partial charge in [0.15, 0.2) is 0 Å². The molecule has 0 aliphatic rings. The van der Waals surface area contributed by atoms with Crippen molar-refractivity contribution in [3.63, 3.8) is 0 Å². The fourth-order valence-corrected chi connectivity index (χ4v) is 11.0. The molecule has 12 nitrogen and oxygen atoms in total. The molecular formula is C70H146N12. The summed E-state index contributed by atoms with van der Waals surface area (Å²) in [5, 5.41) is 22.1. The van der Waals surface area contributed by atoms with Gasteiger partial charge in [0.1, 0.15) is 0 Å². The van der Waals surface area contributed by atoms with Crippen LogP contribution in [-0.4, -0.2) is 140 Å². The van der Waals surface area contributed by atoms with Crippen molar-refractivity contribution in [3.05, 3.63) is 48.9 Å². The Hall–Kier alpha value is -1.84. The lowest BCUT2D eigenvalue weighted by atomic mass is 10.1. The van der Waals surface area contributed by atoms with E-state index in [1.165, 1.54) is 219 Å². The van der Waals surface area contributed by atoms with Crippen LogP contribution in [0.5, 0.6) is 0 Å². The van der Waals surface area contributed by atoms with Gasteiger partial charge in [0.2, 0.25) is 0 Å². The van der Waals surface area contributed by atoms with Gasteiger partial charge in [0.05, 0.1) is 0 Å². The second kappa shape index (κ2) is 68.3. The van der Waals surface area contributed by atoms with Gasteiger partial charge < -0.3 is 64.6 Å². The van der Waals surface area contributed by atoms with Crippen LogP contribution < -0.4 is 54.8 Å². The molecule has 0 aliphatic carbocycles. The quantitative estimate of drug-likeness (QED) is 0.0206. The number of nitrogens with one attached hydrogen (secondary N) is 6. The first-order valence-electron chi connectivity index (χ1n) is 35.8. The second-order valence-corrected chi connectivity index (χ2v) is 24.2. The van der Waals surface area contributed by atoms with Crippen LogP contribution in [0, 0.1) is 0 Å². The number of allylic oxidation sites excluding steroid dienone is 4. The number of nitrogens with zero attached hydrogens (tertiary/aromatic N) is 2. The first kappa shape index (κ1) is 80.2. The maximum Gasteiger partial charge on any atom is 0.0463 e. The molecule has 12 heteroatoms. The van der Waals surface area contributed by atoms with Crippen molar-refractivity contribution in [2.24, 2.45) is 22.9 Å². The molecule has 2 unspecified atom stereocenters. The smallest absolute Gasteiger partial charge is 0.0463 e. The van der Waals surface area contributed by atoms with E-state index in [9.17, 15) is 0 Å². The summed E-state index contributed by atoms with van der Waals surface area (Å²) >= 11 is 0. The van der Waals surface area contributed by atoms with Gasteiger partial charge in [0, 0.05) is 36.6 Å². The number of nitrogens with two attached hydrogens (primary N) is 4. The molecule has 2 atom stereocenters. The van der Waals surface area contributed by atoms with Crippen LogP contribution in [0.2, 0.25) is 0 Å². The normalized spacial score (nSPS) is 12.7. The van der Waals surface area contributed by atoms with Crippen LogP contribution in [0.15, 0.2) is 48.9 Å². The van der Waals surface area contributed by atoms with Gasteiger partial charge in [-0.15, -0.1) is 0 Å². The standard InChI is InChI=1S/C70H146N12/c1-5-7-9-11-13-15-17-19-21-23-25-27-29-31-33-35-61-81(65-45-59-77-67(3)69(79-57-43-51-73)47-39-53-75-55-41-49-71)63-37-38-64-82(62-36-34-32-30-28-26-24-22-20-18-16-14-12-10-8-6-2)66-46-60-78-68(4)70(80-58-44-52-74)48-40-54-76-56-42-50-72/h19-22,69-70,75-80H,3-18,23-66,71-74H2,1-2H3/b21-19+,22-20+. The highest BCUT2D eigenvalue weighted by Gasteiger charge is 2.15. The summed E-state index contributed by atoms with van der Waals surface area (Å²) in [4.78, 5) is 5.59. The van der Waals surface area contributed by atoms with E-state index in [0.29, 0.717) is 13.1 Å². The number of hydrogen-bond donors (Lipinski definition) is 10. The Balaban J connectivity index is 5.46. The summed E-state index contributed by atoms with van der Waals surface area (Å²) in [6.07, 6.45) is 60.9. The van der Waals surface area contributed by atoms with Crippen molar-refractivity contribution < 1.29 is 0 Å². The minimum Gasteiger partial charge on any atom is -0.387 e. The maximum atomic E-state index is 5.87. The molecule has 0 spiro atoms. The van der Waals surface area contributed by atoms with Gasteiger partial charge in [-0.1, -0.05) is 167 Å². The molecule has 0 rings (SSSR count). The fraction of sp³-hybridized carbons (Fsp3) is 0.886. The summed E-state index contributed by atoms with van der Waals surface area (Å²) in [6, 6.07) is 0.527. The third-order valence-corrected chi connectivity index (χ3v) is 16.4. The maximum absolute atomic E-state index is 5.87. The average molecular weight is 1160 g/mol. The Morgan fingerprint density at radius 1 is 0.317 bits per heavy atom. The second-order valence-electron chi connectivity index (χ2n) is 24.2. The van der Waals surface area contributed by atoms with Gasteiger partial charge in [-0.05, 0) is 246 Å². The van der Waals surface area contributed by atoms with Gasteiger partial charge in [-0.25, -0.2) is 0 Å². The van der Waals surface area contributed by atoms with Crippen molar-refractivity contribution in [2.45, 2.75) is 283 Å². The molecule has 0 aromatic rings. The van der Waals surface area contributed by atoms with Crippen molar-refractivity contribution in [1.82, 2.24) is 41.7 Å². The van der Waals surface area contributed by atoms with E-state index in [1.807, 2.05) is 0 Å². The van der Waals surface area contributed by atoms with Crippen LogP contribution >= 0.6 is 0 Å². The van der Waals surface area contributed by atoms with E-state index in [1.54, 1.807) is 0 Å². The summed E-state index contributed by atoms with van der Waals surface area (Å²) in [5.41, 5.74) is 25.4. The van der Waals surface area contributed by atoms with Gasteiger partial charge in [-0.2, -0.15) is 0 Å². The van der Waals surface area contributed by atoms with Crippen LogP contribution in [0.3, 0.4) is 0 Å². The highest BCUT2D eigenvalue weighted by atomic mass is 15.1. The minimum atomic E-state index is 0.263. The van der Waals surface area contributed by atoms with Crippen molar-refractivity contribution in [2.75, 3.05) is 118 Å². The molecule has 0 heterocycles. The number of unbranched alkanes of at least 4 members (excludes halogenated alkanes) is 25. The van der Waals surface area contributed by atoms with E-state index in [2.05, 4.69) is 93.0 Å². The lowest BCUT2D eigenvalue weighted by Crippen LogP contribution is -2.39. The number of rotatable bonds is 71. The third kappa shape index (κ3) is 58.5. The lowest BCUT2D eigenvalue weighted by Gasteiger charge is -2.26. The predicted molar refractivity (Wildman–Crippen MR) is 367 cm³/mol. The monoisotopic (exact) mass is 1160 g/mol. The Bertz CT molecular complexity index is 1230. The topological polar surface area (TPSA) is 183 Å². The zero-order chi connectivity index (χ0) is 59.5. The molecule has 486 valence electrons. The van der Waals surface area contributed by atoms with Gasteiger partial charge in [-0.3, -0.25) is 0 Å². The molecule has 0 aromatic heterocycles. The summed E-state index contributed by atoms with van der Waals surface area (Å²) in [5.74, 6) is 0. The van der Waals surface area contributed by atoms with Crippen molar-refractivity contribution in [1.29, 1.82) is 0 Å². The summed E-state index contributed by atoms with van der Waals surface area (Å²) in [6.45, 7) is 31.5. The molecule has 82 heavy (non-hydrogen) atoms.